The number of ether oxygens (including phenoxy) is 4. The number of hydrogen-bond donors (Lipinski definition) is 4. The molecule has 0 aromatic carbocycles. The van der Waals surface area contributed by atoms with Crippen LogP contribution in [-0.2, 0) is 28.5 Å². The summed E-state index contributed by atoms with van der Waals surface area (Å²) in [6.07, 6.45) is 5.54. The summed E-state index contributed by atoms with van der Waals surface area (Å²) in [4.78, 5) is 39.9. The molecule has 0 bridgehead atoms. The Morgan fingerprint density at radius 1 is 1.26 bits per heavy atom. The Morgan fingerprint density at radius 2 is 1.94 bits per heavy atom. The van der Waals surface area contributed by atoms with E-state index in [1.807, 2.05) is 27.7 Å². The lowest BCUT2D eigenvalue weighted by Gasteiger charge is -2.37. The van der Waals surface area contributed by atoms with Crippen LogP contribution in [0.1, 0.15) is 80.6 Å². The van der Waals surface area contributed by atoms with E-state index in [1.54, 1.807) is 49.1 Å². The normalized spacial score (nSPS) is 34.2. The van der Waals surface area contributed by atoms with E-state index in [9.17, 15) is 29.7 Å². The number of rotatable bonds is 10. The molecule has 4 N–H and O–H groups in total. The molecule has 0 aromatic rings. The van der Waals surface area contributed by atoms with E-state index in [-0.39, 0.29) is 37.4 Å². The summed E-state index contributed by atoms with van der Waals surface area (Å²) in [5, 5.41) is 35.1. The van der Waals surface area contributed by atoms with Crippen molar-refractivity contribution in [1.29, 1.82) is 0 Å². The molecule has 0 aromatic heterocycles. The van der Waals surface area contributed by atoms with Crippen LogP contribution in [0.15, 0.2) is 36.0 Å². The SMILES string of the molecule is CCC(O)C(C)[C@H]1O[C@@H]1CC(C)(O)/C=C/C=C(\C)[C@H]1OC(=O)C[C@@H](O)CC[C@](C)(OC(C)=O)[C@@H](OC(=O)N2CCNCC2)/C=C/[C@@H]1C. The average molecular weight is 665 g/mol. The van der Waals surface area contributed by atoms with Crippen molar-refractivity contribution in [3.63, 3.8) is 0 Å². The van der Waals surface area contributed by atoms with Crippen LogP contribution >= 0.6 is 0 Å². The van der Waals surface area contributed by atoms with E-state index in [4.69, 9.17) is 18.9 Å². The average Bonchev–Trinajstić information content (AvgIpc) is 3.77. The number of amides is 1. The molecule has 2 fully saturated rings. The first kappa shape index (κ1) is 38.7. The van der Waals surface area contributed by atoms with Gasteiger partial charge in [0.15, 0.2) is 6.10 Å². The third-order valence-electron chi connectivity index (χ3n) is 9.33. The molecule has 0 spiro atoms. The number of nitrogens with zero attached hydrogens (tertiary/aromatic N) is 1. The number of aliphatic hydroxyl groups excluding tert-OH is 2. The third kappa shape index (κ3) is 11.7. The number of nitrogens with one attached hydrogen (secondary N) is 1. The van der Waals surface area contributed by atoms with Crippen LogP contribution in [0.5, 0.6) is 0 Å². The number of aliphatic hydroxyl groups is 3. The van der Waals surface area contributed by atoms with E-state index < -0.39 is 59.6 Å². The molecule has 3 aliphatic heterocycles. The second-order valence-electron chi connectivity index (χ2n) is 13.8. The molecule has 0 radical (unpaired) electrons. The van der Waals surface area contributed by atoms with Crippen molar-refractivity contribution < 1.29 is 48.7 Å². The molecule has 0 aliphatic carbocycles. The number of cyclic esters (lactones) is 1. The van der Waals surface area contributed by atoms with Gasteiger partial charge in [-0.25, -0.2) is 4.79 Å². The lowest BCUT2D eigenvalue weighted by atomic mass is 9.88. The standard InChI is InChI=1S/C35H56N2O10/c1-8-27(40)24(4)32-28(44-32)21-34(6,43)14-9-10-22(2)31-23(3)11-12-29(45-33(42)37-18-16-36-17-19-37)35(7,47-25(5)38)15-13-26(39)20-30(41)46-31/h9-12,14,23-24,26-29,31-32,36,39-40,43H,8,13,15-21H2,1-7H3/b12-11+,14-9+,22-10+/t23-,24?,26-,27?,28+,29-,31+,32+,34?,35-/m0/s1. The van der Waals surface area contributed by atoms with Gasteiger partial charge < -0.3 is 44.5 Å². The Kier molecular flexibility index (Phi) is 14.0. The zero-order chi connectivity index (χ0) is 34.9. The minimum atomic E-state index is -1.30. The van der Waals surface area contributed by atoms with Gasteiger partial charge >= 0.3 is 18.0 Å². The van der Waals surface area contributed by atoms with E-state index >= 15 is 0 Å². The van der Waals surface area contributed by atoms with Gasteiger partial charge in [0.1, 0.15) is 11.7 Å². The second-order valence-corrected chi connectivity index (χ2v) is 13.8. The number of hydrogen-bond acceptors (Lipinski definition) is 11. The van der Waals surface area contributed by atoms with Gasteiger partial charge in [0, 0.05) is 51.4 Å². The number of piperazine rings is 1. The fraction of sp³-hybridized carbons (Fsp3) is 0.743. The van der Waals surface area contributed by atoms with E-state index in [0.717, 1.165) is 0 Å². The maximum atomic E-state index is 13.2. The molecule has 12 nitrogen and oxygen atoms in total. The molecule has 12 heteroatoms. The first-order chi connectivity index (χ1) is 22.0. The Bertz CT molecular complexity index is 1160. The largest absolute Gasteiger partial charge is 0.457 e. The van der Waals surface area contributed by atoms with Crippen molar-refractivity contribution >= 4 is 18.0 Å². The van der Waals surface area contributed by atoms with Gasteiger partial charge in [-0.2, -0.15) is 0 Å². The van der Waals surface area contributed by atoms with Crippen molar-refractivity contribution in [3.8, 4) is 0 Å². The van der Waals surface area contributed by atoms with Crippen LogP contribution in [0.3, 0.4) is 0 Å². The van der Waals surface area contributed by atoms with Crippen LogP contribution in [-0.4, -0.2) is 112 Å². The van der Waals surface area contributed by atoms with Crippen molar-refractivity contribution in [2.24, 2.45) is 11.8 Å². The van der Waals surface area contributed by atoms with Gasteiger partial charge in [-0.3, -0.25) is 9.59 Å². The minimum absolute atomic E-state index is 0.0205. The number of epoxide rings is 1. The topological polar surface area (TPSA) is 167 Å². The van der Waals surface area contributed by atoms with Crippen molar-refractivity contribution in [2.45, 2.75) is 128 Å². The van der Waals surface area contributed by atoms with Crippen molar-refractivity contribution in [1.82, 2.24) is 10.2 Å². The van der Waals surface area contributed by atoms with Crippen molar-refractivity contribution in [2.75, 3.05) is 26.2 Å². The molecular formula is C35H56N2O10. The maximum absolute atomic E-state index is 13.2. The summed E-state index contributed by atoms with van der Waals surface area (Å²) in [7, 11) is 0. The molecule has 1 amide bonds. The molecule has 3 aliphatic rings. The second kappa shape index (κ2) is 17.1. The highest BCUT2D eigenvalue weighted by Crippen LogP contribution is 2.37. The van der Waals surface area contributed by atoms with Gasteiger partial charge in [0.2, 0.25) is 0 Å². The monoisotopic (exact) mass is 664 g/mol. The molecule has 3 heterocycles. The van der Waals surface area contributed by atoms with Gasteiger partial charge in [0.25, 0.3) is 0 Å². The molecule has 3 rings (SSSR count). The molecule has 3 unspecified atom stereocenters. The van der Waals surface area contributed by atoms with Crippen LogP contribution in [0, 0.1) is 11.8 Å². The zero-order valence-corrected chi connectivity index (χ0v) is 29.0. The van der Waals surface area contributed by atoms with Gasteiger partial charge in [-0.15, -0.1) is 0 Å². The first-order valence-corrected chi connectivity index (χ1v) is 16.9. The fourth-order valence-corrected chi connectivity index (χ4v) is 6.26. The minimum Gasteiger partial charge on any atom is -0.457 e. The van der Waals surface area contributed by atoms with E-state index in [1.165, 1.54) is 6.92 Å². The molecule has 266 valence electrons. The van der Waals surface area contributed by atoms with Crippen molar-refractivity contribution in [3.05, 3.63) is 36.0 Å². The third-order valence-corrected chi connectivity index (χ3v) is 9.33. The number of carbonyl (C=O) groups excluding carboxylic acids is 3. The highest BCUT2D eigenvalue weighted by atomic mass is 16.6. The summed E-state index contributed by atoms with van der Waals surface area (Å²) in [5.74, 6) is -1.57. The molecule has 0 saturated carbocycles. The Hall–Kier alpha value is -2.77. The number of carbonyl (C=O) groups is 3. The summed E-state index contributed by atoms with van der Waals surface area (Å²) in [5.41, 5.74) is -1.79. The first-order valence-electron chi connectivity index (χ1n) is 16.9. The Labute approximate surface area is 279 Å². The number of allylic oxidation sites excluding steroid dienone is 2. The predicted molar refractivity (Wildman–Crippen MR) is 175 cm³/mol. The summed E-state index contributed by atoms with van der Waals surface area (Å²) in [6.45, 7) is 14.4. The van der Waals surface area contributed by atoms with Crippen LogP contribution in [0.2, 0.25) is 0 Å². The lowest BCUT2D eigenvalue weighted by Crippen LogP contribution is -2.51. The van der Waals surface area contributed by atoms with E-state index in [0.29, 0.717) is 44.6 Å². The fourth-order valence-electron chi connectivity index (χ4n) is 6.26. The Morgan fingerprint density at radius 3 is 2.57 bits per heavy atom. The van der Waals surface area contributed by atoms with Gasteiger partial charge in [-0.1, -0.05) is 45.1 Å². The van der Waals surface area contributed by atoms with Crippen LogP contribution < -0.4 is 5.32 Å². The van der Waals surface area contributed by atoms with Crippen LogP contribution in [0.25, 0.3) is 0 Å². The molecule has 47 heavy (non-hydrogen) atoms. The number of esters is 2. The smallest absolute Gasteiger partial charge is 0.410 e. The maximum Gasteiger partial charge on any atom is 0.410 e. The summed E-state index contributed by atoms with van der Waals surface area (Å²) >= 11 is 0. The summed E-state index contributed by atoms with van der Waals surface area (Å²) < 4.78 is 23.3. The molecule has 10 atom stereocenters. The highest BCUT2D eigenvalue weighted by Gasteiger charge is 2.47. The quantitative estimate of drug-likeness (QED) is 0.0891. The van der Waals surface area contributed by atoms with Gasteiger partial charge in [0.05, 0.1) is 36.4 Å². The molecular weight excluding hydrogens is 608 g/mol. The van der Waals surface area contributed by atoms with Gasteiger partial charge in [-0.05, 0) is 51.7 Å². The van der Waals surface area contributed by atoms with Crippen LogP contribution in [0.4, 0.5) is 4.79 Å². The highest BCUT2D eigenvalue weighted by molar-refractivity contribution is 5.71. The lowest BCUT2D eigenvalue weighted by molar-refractivity contribution is -0.168. The molecule has 2 saturated heterocycles. The zero-order valence-electron chi connectivity index (χ0n) is 29.0. The summed E-state index contributed by atoms with van der Waals surface area (Å²) in [6, 6.07) is 0. The predicted octanol–water partition coefficient (Wildman–Crippen LogP) is 3.19. The van der Waals surface area contributed by atoms with E-state index in [2.05, 4.69) is 5.32 Å². The Balaban J connectivity index is 1.82.